The fraction of sp³-hybridized carbons (Fsp3) is 0.250. The van der Waals surface area contributed by atoms with E-state index in [4.69, 9.17) is 16.1 Å². The van der Waals surface area contributed by atoms with E-state index in [-0.39, 0.29) is 5.91 Å². The first-order chi connectivity index (χ1) is 12.7. The lowest BCUT2D eigenvalue weighted by Crippen LogP contribution is -2.35. The van der Waals surface area contributed by atoms with E-state index in [0.717, 1.165) is 37.1 Å². The van der Waals surface area contributed by atoms with Gasteiger partial charge >= 0.3 is 0 Å². The van der Waals surface area contributed by atoms with Gasteiger partial charge < -0.3 is 9.42 Å². The Hall–Kier alpha value is -2.66. The molecule has 4 rings (SSSR count). The van der Waals surface area contributed by atoms with Crippen LogP contribution in [-0.2, 0) is 0 Å². The maximum absolute atomic E-state index is 12.7. The van der Waals surface area contributed by atoms with Crippen molar-refractivity contribution in [2.24, 2.45) is 0 Å². The number of carbonyl (C=O) groups is 1. The lowest BCUT2D eigenvalue weighted by Gasteiger charge is -2.26. The number of benzene rings is 2. The summed E-state index contributed by atoms with van der Waals surface area (Å²) in [5, 5.41) is 4.70. The molecule has 0 N–H and O–H groups in total. The van der Waals surface area contributed by atoms with Gasteiger partial charge in [0, 0.05) is 34.8 Å². The summed E-state index contributed by atoms with van der Waals surface area (Å²) in [6.07, 6.45) is 3.33. The molecule has 0 radical (unpaired) electrons. The van der Waals surface area contributed by atoms with Crippen molar-refractivity contribution in [1.29, 1.82) is 0 Å². The third-order valence-corrected chi connectivity index (χ3v) is 4.78. The van der Waals surface area contributed by atoms with Gasteiger partial charge in [-0.1, -0.05) is 28.9 Å². The molecule has 26 heavy (non-hydrogen) atoms. The number of carbonyl (C=O) groups excluding carboxylic acids is 1. The van der Waals surface area contributed by atoms with E-state index in [0.29, 0.717) is 22.3 Å². The highest BCUT2D eigenvalue weighted by atomic mass is 35.5. The number of nitrogens with zero attached hydrogens (tertiary/aromatic N) is 3. The Kier molecular flexibility index (Phi) is 4.71. The number of likely N-dealkylation sites (tertiary alicyclic amines) is 1. The van der Waals surface area contributed by atoms with Crippen molar-refractivity contribution in [3.8, 4) is 22.8 Å². The van der Waals surface area contributed by atoms with Crippen LogP contribution in [0.25, 0.3) is 22.8 Å². The molecule has 1 aliphatic rings. The van der Waals surface area contributed by atoms with Crippen molar-refractivity contribution in [3.63, 3.8) is 0 Å². The Labute approximate surface area is 156 Å². The van der Waals surface area contributed by atoms with Gasteiger partial charge in [-0.2, -0.15) is 4.98 Å². The molecule has 1 aliphatic heterocycles. The SMILES string of the molecule is O=C(c1cccc(-c2noc(-c3ccc(Cl)cc3)n2)c1)N1CCCCC1. The highest BCUT2D eigenvalue weighted by Gasteiger charge is 2.19. The molecule has 1 saturated heterocycles. The number of hydrogen-bond donors (Lipinski definition) is 0. The first-order valence-corrected chi connectivity index (χ1v) is 9.08. The lowest BCUT2D eigenvalue weighted by molar-refractivity contribution is 0.0724. The van der Waals surface area contributed by atoms with Gasteiger partial charge in [-0.05, 0) is 55.7 Å². The third kappa shape index (κ3) is 3.48. The van der Waals surface area contributed by atoms with E-state index in [1.165, 1.54) is 6.42 Å². The molecule has 1 amide bonds. The summed E-state index contributed by atoms with van der Waals surface area (Å²) < 4.78 is 5.36. The van der Waals surface area contributed by atoms with E-state index in [9.17, 15) is 4.79 Å². The number of rotatable bonds is 3. The molecule has 0 bridgehead atoms. The number of halogens is 1. The summed E-state index contributed by atoms with van der Waals surface area (Å²) in [6, 6.07) is 14.6. The summed E-state index contributed by atoms with van der Waals surface area (Å²) in [5.41, 5.74) is 2.22. The molecule has 5 nitrogen and oxygen atoms in total. The predicted octanol–water partition coefficient (Wildman–Crippen LogP) is 4.68. The van der Waals surface area contributed by atoms with Crippen LogP contribution >= 0.6 is 11.6 Å². The quantitative estimate of drug-likeness (QED) is 0.674. The summed E-state index contributed by atoms with van der Waals surface area (Å²) >= 11 is 5.91. The Bertz CT molecular complexity index is 915. The van der Waals surface area contributed by atoms with Crippen molar-refractivity contribution < 1.29 is 9.32 Å². The first-order valence-electron chi connectivity index (χ1n) is 8.70. The van der Waals surface area contributed by atoms with Gasteiger partial charge in [-0.15, -0.1) is 0 Å². The zero-order chi connectivity index (χ0) is 17.9. The minimum absolute atomic E-state index is 0.0629. The van der Waals surface area contributed by atoms with Gasteiger partial charge in [0.1, 0.15) is 0 Å². The van der Waals surface area contributed by atoms with Crippen LogP contribution in [0.1, 0.15) is 29.6 Å². The third-order valence-electron chi connectivity index (χ3n) is 4.53. The minimum atomic E-state index is 0.0629. The van der Waals surface area contributed by atoms with E-state index in [2.05, 4.69) is 10.1 Å². The molecule has 0 atom stereocenters. The molecule has 2 aromatic carbocycles. The maximum Gasteiger partial charge on any atom is 0.258 e. The van der Waals surface area contributed by atoms with Crippen molar-refractivity contribution in [2.75, 3.05) is 13.1 Å². The molecule has 1 aromatic heterocycles. The summed E-state index contributed by atoms with van der Waals surface area (Å²) in [6.45, 7) is 1.65. The monoisotopic (exact) mass is 367 g/mol. The van der Waals surface area contributed by atoms with Crippen molar-refractivity contribution >= 4 is 17.5 Å². The summed E-state index contributed by atoms with van der Waals surface area (Å²) in [4.78, 5) is 19.1. The Morgan fingerprint density at radius 2 is 1.77 bits per heavy atom. The highest BCUT2D eigenvalue weighted by Crippen LogP contribution is 2.24. The average Bonchev–Trinajstić information content (AvgIpc) is 3.19. The van der Waals surface area contributed by atoms with Crippen molar-refractivity contribution in [2.45, 2.75) is 19.3 Å². The van der Waals surface area contributed by atoms with E-state index in [1.54, 1.807) is 12.1 Å². The minimum Gasteiger partial charge on any atom is -0.339 e. The first kappa shape index (κ1) is 16.8. The van der Waals surface area contributed by atoms with Gasteiger partial charge in [-0.3, -0.25) is 4.79 Å². The zero-order valence-corrected chi connectivity index (χ0v) is 14.9. The van der Waals surface area contributed by atoms with E-state index >= 15 is 0 Å². The standard InChI is InChI=1S/C20H18ClN3O2/c21-17-9-7-14(8-10-17)19-22-18(23-26-19)15-5-4-6-16(13-15)20(25)24-11-2-1-3-12-24/h4-10,13H,1-3,11-12H2. The molecule has 6 heteroatoms. The molecule has 0 saturated carbocycles. The maximum atomic E-state index is 12.7. The van der Waals surface area contributed by atoms with Crippen LogP contribution < -0.4 is 0 Å². The molecule has 132 valence electrons. The molecular formula is C20H18ClN3O2. The number of hydrogen-bond acceptors (Lipinski definition) is 4. The van der Waals surface area contributed by atoms with Gasteiger partial charge in [0.05, 0.1) is 0 Å². The number of piperidine rings is 1. The topological polar surface area (TPSA) is 59.2 Å². The highest BCUT2D eigenvalue weighted by molar-refractivity contribution is 6.30. The molecule has 0 spiro atoms. The van der Waals surface area contributed by atoms with Crippen LogP contribution in [0.2, 0.25) is 5.02 Å². The zero-order valence-electron chi connectivity index (χ0n) is 14.2. The Morgan fingerprint density at radius 3 is 2.54 bits per heavy atom. The van der Waals surface area contributed by atoms with Gasteiger partial charge in [0.2, 0.25) is 5.82 Å². The van der Waals surface area contributed by atoms with Gasteiger partial charge in [0.15, 0.2) is 0 Å². The van der Waals surface area contributed by atoms with Crippen LogP contribution in [0.5, 0.6) is 0 Å². The number of aromatic nitrogens is 2. The largest absolute Gasteiger partial charge is 0.339 e. The van der Waals surface area contributed by atoms with Crippen LogP contribution in [0, 0.1) is 0 Å². The summed E-state index contributed by atoms with van der Waals surface area (Å²) in [5.74, 6) is 0.945. The average molecular weight is 368 g/mol. The lowest BCUT2D eigenvalue weighted by atomic mass is 10.1. The second-order valence-electron chi connectivity index (χ2n) is 6.36. The fourth-order valence-corrected chi connectivity index (χ4v) is 3.25. The van der Waals surface area contributed by atoms with Crippen LogP contribution in [0.15, 0.2) is 53.1 Å². The molecule has 1 fully saturated rings. The molecule has 2 heterocycles. The molecule has 0 aliphatic carbocycles. The van der Waals surface area contributed by atoms with E-state index < -0.39 is 0 Å². The van der Waals surface area contributed by atoms with Crippen LogP contribution in [0.3, 0.4) is 0 Å². The van der Waals surface area contributed by atoms with Gasteiger partial charge in [0.25, 0.3) is 11.8 Å². The normalized spacial score (nSPS) is 14.4. The smallest absolute Gasteiger partial charge is 0.258 e. The molecular weight excluding hydrogens is 350 g/mol. The van der Waals surface area contributed by atoms with Gasteiger partial charge in [-0.25, -0.2) is 0 Å². The second kappa shape index (κ2) is 7.30. The van der Waals surface area contributed by atoms with E-state index in [1.807, 2.05) is 41.3 Å². The van der Waals surface area contributed by atoms with Crippen molar-refractivity contribution in [3.05, 3.63) is 59.1 Å². The Balaban J connectivity index is 1.58. The van der Waals surface area contributed by atoms with Crippen molar-refractivity contribution in [1.82, 2.24) is 15.0 Å². The number of amides is 1. The Morgan fingerprint density at radius 1 is 1.00 bits per heavy atom. The molecule has 3 aromatic rings. The predicted molar refractivity (Wildman–Crippen MR) is 99.9 cm³/mol. The van der Waals surface area contributed by atoms with Crippen LogP contribution in [-0.4, -0.2) is 34.0 Å². The summed E-state index contributed by atoms with van der Waals surface area (Å²) in [7, 11) is 0. The van der Waals surface area contributed by atoms with Crippen LogP contribution in [0.4, 0.5) is 0 Å². The fourth-order valence-electron chi connectivity index (χ4n) is 3.12. The second-order valence-corrected chi connectivity index (χ2v) is 6.80. The molecule has 0 unspecified atom stereocenters.